The summed E-state index contributed by atoms with van der Waals surface area (Å²) in [6.45, 7) is 0. The average Bonchev–Trinajstić information content (AvgIpc) is 2.40. The van der Waals surface area contributed by atoms with Crippen LogP contribution in [0.5, 0.6) is 5.75 Å². The summed E-state index contributed by atoms with van der Waals surface area (Å²) >= 11 is 0. The monoisotopic (exact) mass is 263 g/mol. The lowest BCUT2D eigenvalue weighted by atomic mass is 10.3. The molecule has 0 unspecified atom stereocenters. The Morgan fingerprint density at radius 1 is 1.17 bits per heavy atom. The molecule has 0 aliphatic heterocycles. The summed E-state index contributed by atoms with van der Waals surface area (Å²) in [5.74, 6) is 0.389. The molecule has 4 nitrogen and oxygen atoms in total. The summed E-state index contributed by atoms with van der Waals surface area (Å²) in [5.41, 5.74) is 0.608. The Morgan fingerprint density at radius 3 is 2.56 bits per heavy atom. The summed E-state index contributed by atoms with van der Waals surface area (Å²) in [4.78, 5) is 4.21. The van der Waals surface area contributed by atoms with Crippen molar-refractivity contribution in [1.29, 1.82) is 0 Å². The molecule has 2 aromatic rings. The third-order valence-electron chi connectivity index (χ3n) is 2.54. The van der Waals surface area contributed by atoms with Crippen molar-refractivity contribution in [1.82, 2.24) is 4.98 Å². The van der Waals surface area contributed by atoms with Crippen LogP contribution >= 0.6 is 0 Å². The number of sulfone groups is 1. The van der Waals surface area contributed by atoms with Crippen molar-refractivity contribution in [3.05, 3.63) is 54.4 Å². The van der Waals surface area contributed by atoms with Crippen molar-refractivity contribution in [2.45, 2.75) is 10.6 Å². The van der Waals surface area contributed by atoms with Crippen molar-refractivity contribution < 1.29 is 13.2 Å². The number of benzene rings is 1. The third-order valence-corrected chi connectivity index (χ3v) is 4.22. The minimum absolute atomic E-state index is 0.0945. The van der Waals surface area contributed by atoms with Crippen molar-refractivity contribution >= 4 is 9.84 Å². The Balaban J connectivity index is 2.34. The molecule has 0 N–H and O–H groups in total. The minimum Gasteiger partial charge on any atom is -0.495 e. The second kappa shape index (κ2) is 5.18. The number of rotatable bonds is 4. The van der Waals surface area contributed by atoms with Crippen LogP contribution in [0.2, 0.25) is 0 Å². The Hall–Kier alpha value is -1.88. The quantitative estimate of drug-likeness (QED) is 0.847. The maximum Gasteiger partial charge on any atom is 0.182 e. The van der Waals surface area contributed by atoms with Gasteiger partial charge in [-0.15, -0.1) is 0 Å². The highest BCUT2D eigenvalue weighted by Gasteiger charge is 2.17. The summed E-state index contributed by atoms with van der Waals surface area (Å²) in [5, 5.41) is 0. The lowest BCUT2D eigenvalue weighted by Gasteiger charge is -2.08. The second-order valence-corrected chi connectivity index (χ2v) is 5.75. The van der Waals surface area contributed by atoms with Crippen LogP contribution in [0.3, 0.4) is 0 Å². The lowest BCUT2D eigenvalue weighted by Crippen LogP contribution is -2.06. The maximum absolute atomic E-state index is 12.2. The first-order valence-electron chi connectivity index (χ1n) is 5.38. The van der Waals surface area contributed by atoms with Crippen LogP contribution in [-0.4, -0.2) is 20.5 Å². The van der Waals surface area contributed by atoms with Gasteiger partial charge >= 0.3 is 0 Å². The molecule has 94 valence electrons. The molecule has 0 aliphatic carbocycles. The molecule has 0 atom stereocenters. The molecule has 0 bridgehead atoms. The first-order valence-corrected chi connectivity index (χ1v) is 7.03. The molecule has 0 amide bonds. The van der Waals surface area contributed by atoms with Crippen LogP contribution in [0.4, 0.5) is 0 Å². The number of hydrogen-bond donors (Lipinski definition) is 0. The van der Waals surface area contributed by atoms with Crippen molar-refractivity contribution in [2.24, 2.45) is 0 Å². The van der Waals surface area contributed by atoms with E-state index in [0.717, 1.165) is 0 Å². The van der Waals surface area contributed by atoms with E-state index < -0.39 is 9.84 Å². The molecular formula is C13H13NO3S. The normalized spacial score (nSPS) is 11.2. The highest BCUT2D eigenvalue weighted by atomic mass is 32.2. The van der Waals surface area contributed by atoms with Crippen molar-refractivity contribution in [2.75, 3.05) is 7.11 Å². The fourth-order valence-corrected chi connectivity index (χ4v) is 3.01. The first kappa shape index (κ1) is 12.6. The highest BCUT2D eigenvalue weighted by Crippen LogP contribution is 2.22. The van der Waals surface area contributed by atoms with Crippen molar-refractivity contribution in [3.8, 4) is 5.75 Å². The van der Waals surface area contributed by atoms with Crippen LogP contribution in [0.25, 0.3) is 0 Å². The van der Waals surface area contributed by atoms with E-state index in [4.69, 9.17) is 4.74 Å². The summed E-state index contributed by atoms with van der Waals surface area (Å²) in [6, 6.07) is 10.0. The van der Waals surface area contributed by atoms with E-state index in [1.165, 1.54) is 13.3 Å². The molecule has 5 heteroatoms. The number of ether oxygens (including phenoxy) is 1. The largest absolute Gasteiger partial charge is 0.495 e. The van der Waals surface area contributed by atoms with Gasteiger partial charge in [0.2, 0.25) is 0 Å². The average molecular weight is 263 g/mol. The van der Waals surface area contributed by atoms with Gasteiger partial charge in [0.05, 0.1) is 24.0 Å². The third kappa shape index (κ3) is 2.68. The molecule has 0 fully saturated rings. The van der Waals surface area contributed by atoms with Crippen molar-refractivity contribution in [3.63, 3.8) is 0 Å². The molecule has 0 aliphatic rings. The molecule has 0 radical (unpaired) electrons. The van der Waals surface area contributed by atoms with Gasteiger partial charge in [0.25, 0.3) is 0 Å². The fraction of sp³-hybridized carbons (Fsp3) is 0.154. The molecule has 0 saturated carbocycles. The zero-order valence-electron chi connectivity index (χ0n) is 9.91. The van der Waals surface area contributed by atoms with E-state index in [1.54, 1.807) is 42.6 Å². The molecule has 1 aromatic heterocycles. The second-order valence-electron chi connectivity index (χ2n) is 3.76. The number of nitrogens with zero attached hydrogens (tertiary/aromatic N) is 1. The van der Waals surface area contributed by atoms with Gasteiger partial charge in [-0.2, -0.15) is 0 Å². The van der Waals surface area contributed by atoms with Crippen LogP contribution < -0.4 is 4.74 Å². The SMILES string of the molecule is COc1cnccc1CS(=O)(=O)c1ccccc1. The predicted molar refractivity (Wildman–Crippen MR) is 68.1 cm³/mol. The van der Waals surface area contributed by atoms with Crippen LogP contribution in [0.1, 0.15) is 5.56 Å². The zero-order valence-corrected chi connectivity index (χ0v) is 10.7. The Kier molecular flexibility index (Phi) is 3.62. The standard InChI is InChI=1S/C13H13NO3S/c1-17-13-9-14-8-7-11(13)10-18(15,16)12-5-3-2-4-6-12/h2-9H,10H2,1H3. The van der Waals surface area contributed by atoms with E-state index in [9.17, 15) is 8.42 Å². The first-order chi connectivity index (χ1) is 8.63. The van der Waals surface area contributed by atoms with Gasteiger partial charge in [0.15, 0.2) is 9.84 Å². The number of methoxy groups -OCH3 is 1. The molecule has 2 rings (SSSR count). The van der Waals surface area contributed by atoms with Crippen LogP contribution in [-0.2, 0) is 15.6 Å². The van der Waals surface area contributed by atoms with Crippen LogP contribution in [0, 0.1) is 0 Å². The lowest BCUT2D eigenvalue weighted by molar-refractivity contribution is 0.409. The zero-order chi connectivity index (χ0) is 13.0. The van der Waals surface area contributed by atoms with Gasteiger partial charge < -0.3 is 4.74 Å². The number of aromatic nitrogens is 1. The maximum atomic E-state index is 12.2. The highest BCUT2D eigenvalue weighted by molar-refractivity contribution is 7.90. The van der Waals surface area contributed by atoms with E-state index in [0.29, 0.717) is 16.2 Å². The molecule has 0 spiro atoms. The number of pyridine rings is 1. The molecule has 1 heterocycles. The molecule has 0 saturated heterocycles. The molecular weight excluding hydrogens is 250 g/mol. The molecule has 1 aromatic carbocycles. The molecule has 18 heavy (non-hydrogen) atoms. The van der Waals surface area contributed by atoms with Crippen LogP contribution in [0.15, 0.2) is 53.7 Å². The Bertz CT molecular complexity index is 624. The van der Waals surface area contributed by atoms with Gasteiger partial charge in [0, 0.05) is 11.8 Å². The van der Waals surface area contributed by atoms with E-state index in [1.807, 2.05) is 0 Å². The van der Waals surface area contributed by atoms with Gasteiger partial charge in [-0.05, 0) is 18.2 Å². The van der Waals surface area contributed by atoms with E-state index in [-0.39, 0.29) is 5.75 Å². The van der Waals surface area contributed by atoms with Gasteiger partial charge in [-0.3, -0.25) is 4.98 Å². The topological polar surface area (TPSA) is 56.3 Å². The number of hydrogen-bond acceptors (Lipinski definition) is 4. The predicted octanol–water partition coefficient (Wildman–Crippen LogP) is 2.06. The van der Waals surface area contributed by atoms with E-state index >= 15 is 0 Å². The Labute approximate surface area is 106 Å². The minimum atomic E-state index is -3.35. The summed E-state index contributed by atoms with van der Waals surface area (Å²) in [7, 11) is -1.86. The Morgan fingerprint density at radius 2 is 1.89 bits per heavy atom. The smallest absolute Gasteiger partial charge is 0.182 e. The van der Waals surface area contributed by atoms with E-state index in [2.05, 4.69) is 4.98 Å². The van der Waals surface area contributed by atoms with Gasteiger partial charge in [0.1, 0.15) is 5.75 Å². The van der Waals surface area contributed by atoms with Gasteiger partial charge in [-0.25, -0.2) is 8.42 Å². The fourth-order valence-electron chi connectivity index (χ4n) is 1.63. The summed E-state index contributed by atoms with van der Waals surface area (Å²) in [6.07, 6.45) is 3.06. The van der Waals surface area contributed by atoms with Gasteiger partial charge in [-0.1, -0.05) is 18.2 Å². The summed E-state index contributed by atoms with van der Waals surface area (Å²) < 4.78 is 29.5.